The van der Waals surface area contributed by atoms with Crippen molar-refractivity contribution in [3.05, 3.63) is 103 Å². The first-order chi connectivity index (χ1) is 14.8. The van der Waals surface area contributed by atoms with Crippen molar-refractivity contribution in [2.24, 2.45) is 0 Å². The molecule has 0 unspecified atom stereocenters. The lowest BCUT2D eigenvalue weighted by atomic mass is 10.1. The van der Waals surface area contributed by atoms with Crippen molar-refractivity contribution in [3.8, 4) is 11.3 Å². The van der Waals surface area contributed by atoms with Gasteiger partial charge >= 0.3 is 0 Å². The molecule has 0 aliphatic carbocycles. The number of nitrogens with one attached hydrogen (secondary N) is 2. The van der Waals surface area contributed by atoms with Gasteiger partial charge in [-0.05, 0) is 36.4 Å². The smallest absolute Gasteiger partial charge is 0.259 e. The third-order valence-electron chi connectivity index (χ3n) is 4.53. The van der Waals surface area contributed by atoms with E-state index in [1.54, 1.807) is 36.8 Å². The number of anilines is 2. The van der Waals surface area contributed by atoms with Gasteiger partial charge in [0.25, 0.3) is 5.91 Å². The van der Waals surface area contributed by atoms with Crippen LogP contribution in [0, 0.1) is 0 Å². The Balaban J connectivity index is 1.58. The summed E-state index contributed by atoms with van der Waals surface area (Å²) in [6, 6.07) is 22.9. The summed E-state index contributed by atoms with van der Waals surface area (Å²) in [7, 11) is 0. The second-order valence-corrected chi connectivity index (χ2v) is 6.65. The highest BCUT2D eigenvalue weighted by molar-refractivity contribution is 6.07. The summed E-state index contributed by atoms with van der Waals surface area (Å²) < 4.78 is 0. The Kier molecular flexibility index (Phi) is 6.05. The minimum Gasteiger partial charge on any atom is -0.369 e. The van der Waals surface area contributed by atoms with Gasteiger partial charge in [0.2, 0.25) is 0 Å². The van der Waals surface area contributed by atoms with Gasteiger partial charge in [-0.2, -0.15) is 0 Å². The maximum atomic E-state index is 12.9. The van der Waals surface area contributed by atoms with Crippen molar-refractivity contribution in [2.45, 2.75) is 6.42 Å². The largest absolute Gasteiger partial charge is 0.369 e. The van der Waals surface area contributed by atoms with E-state index in [1.165, 1.54) is 0 Å². The van der Waals surface area contributed by atoms with Gasteiger partial charge in [-0.3, -0.25) is 14.8 Å². The molecule has 0 radical (unpaired) electrons. The first kappa shape index (κ1) is 19.3. The molecule has 6 nitrogen and oxygen atoms in total. The molecule has 3 heterocycles. The lowest BCUT2D eigenvalue weighted by Crippen LogP contribution is -2.17. The van der Waals surface area contributed by atoms with E-state index in [0.717, 1.165) is 23.4 Å². The second kappa shape index (κ2) is 9.43. The molecule has 2 N–H and O–H groups in total. The van der Waals surface area contributed by atoms with Crippen LogP contribution in [-0.2, 0) is 6.42 Å². The zero-order valence-electron chi connectivity index (χ0n) is 16.3. The topological polar surface area (TPSA) is 79.8 Å². The van der Waals surface area contributed by atoms with Crippen molar-refractivity contribution < 1.29 is 4.79 Å². The number of amides is 1. The van der Waals surface area contributed by atoms with Gasteiger partial charge in [0.15, 0.2) is 0 Å². The maximum absolute atomic E-state index is 12.9. The number of pyridine rings is 3. The molecule has 0 bridgehead atoms. The third-order valence-corrected chi connectivity index (χ3v) is 4.53. The van der Waals surface area contributed by atoms with Crippen LogP contribution < -0.4 is 10.6 Å². The zero-order valence-corrected chi connectivity index (χ0v) is 16.3. The van der Waals surface area contributed by atoms with Crippen molar-refractivity contribution in [2.75, 3.05) is 17.2 Å². The van der Waals surface area contributed by atoms with Gasteiger partial charge in [0.1, 0.15) is 5.82 Å². The fourth-order valence-corrected chi connectivity index (χ4v) is 3.04. The van der Waals surface area contributed by atoms with Crippen molar-refractivity contribution in [1.82, 2.24) is 15.0 Å². The number of carbonyl (C=O) groups excluding carboxylic acids is 1. The molecule has 0 fully saturated rings. The molecule has 1 amide bonds. The lowest BCUT2D eigenvalue weighted by molar-refractivity contribution is 0.102. The predicted octanol–water partition coefficient (Wildman–Crippen LogP) is 4.45. The summed E-state index contributed by atoms with van der Waals surface area (Å²) in [5.41, 5.74) is 3.87. The Morgan fingerprint density at radius 3 is 2.50 bits per heavy atom. The van der Waals surface area contributed by atoms with E-state index in [-0.39, 0.29) is 5.91 Å². The summed E-state index contributed by atoms with van der Waals surface area (Å²) in [5.74, 6) is 0.295. The van der Waals surface area contributed by atoms with E-state index in [0.29, 0.717) is 23.6 Å². The molecule has 4 rings (SSSR count). The molecule has 0 aliphatic heterocycles. The summed E-state index contributed by atoms with van der Waals surface area (Å²) in [5, 5.41) is 6.18. The maximum Gasteiger partial charge on any atom is 0.259 e. The number of benzene rings is 1. The Labute approximate surface area is 175 Å². The molecule has 0 saturated heterocycles. The van der Waals surface area contributed by atoms with Crippen LogP contribution in [0.2, 0.25) is 0 Å². The van der Waals surface area contributed by atoms with Crippen LogP contribution in [0.4, 0.5) is 11.5 Å². The van der Waals surface area contributed by atoms with Crippen LogP contribution >= 0.6 is 0 Å². The van der Waals surface area contributed by atoms with Gasteiger partial charge in [-0.15, -0.1) is 0 Å². The van der Waals surface area contributed by atoms with Gasteiger partial charge in [-0.1, -0.05) is 36.4 Å². The fraction of sp³-hybridized carbons (Fsp3) is 0.0833. The van der Waals surface area contributed by atoms with Gasteiger partial charge < -0.3 is 10.6 Å². The first-order valence-electron chi connectivity index (χ1n) is 9.71. The number of carbonyl (C=O) groups is 1. The van der Waals surface area contributed by atoms with Crippen LogP contribution in [0.1, 0.15) is 16.1 Å². The summed E-state index contributed by atoms with van der Waals surface area (Å²) in [6.45, 7) is 0.607. The molecule has 0 atom stereocenters. The van der Waals surface area contributed by atoms with Crippen LogP contribution in [0.15, 0.2) is 91.4 Å². The third kappa shape index (κ3) is 4.86. The van der Waals surface area contributed by atoms with Crippen molar-refractivity contribution in [3.63, 3.8) is 0 Å². The van der Waals surface area contributed by atoms with Crippen molar-refractivity contribution in [1.29, 1.82) is 0 Å². The number of hydrogen-bond acceptors (Lipinski definition) is 5. The van der Waals surface area contributed by atoms with Crippen LogP contribution in [0.5, 0.6) is 0 Å². The molecule has 30 heavy (non-hydrogen) atoms. The Hall–Kier alpha value is -4.06. The zero-order chi connectivity index (χ0) is 20.6. The molecule has 0 saturated carbocycles. The average Bonchev–Trinajstić information content (AvgIpc) is 2.81. The highest BCUT2D eigenvalue weighted by atomic mass is 16.1. The quantitative estimate of drug-likeness (QED) is 0.483. The average molecular weight is 395 g/mol. The van der Waals surface area contributed by atoms with Crippen LogP contribution in [0.25, 0.3) is 11.3 Å². The number of hydrogen-bond donors (Lipinski definition) is 2. The SMILES string of the molecule is O=C(Nc1cccnc1)c1ccc(-c2ccccc2)nc1NCCc1ccccn1. The van der Waals surface area contributed by atoms with Gasteiger partial charge in [0.05, 0.1) is 23.1 Å². The number of nitrogens with zero attached hydrogens (tertiary/aromatic N) is 3. The highest BCUT2D eigenvalue weighted by Gasteiger charge is 2.15. The first-order valence-corrected chi connectivity index (χ1v) is 9.71. The summed E-state index contributed by atoms with van der Waals surface area (Å²) >= 11 is 0. The van der Waals surface area contributed by atoms with Crippen LogP contribution in [-0.4, -0.2) is 27.4 Å². The Bertz CT molecular complexity index is 1100. The minimum atomic E-state index is -0.240. The molecule has 148 valence electrons. The standard InChI is InChI=1S/C24H21N5O/c30-24(28-20-10-6-14-25-17-20)21-11-12-22(18-7-2-1-3-8-18)29-23(21)27-16-13-19-9-4-5-15-26-19/h1-12,14-15,17H,13,16H2,(H,27,29)(H,28,30). The molecule has 4 aromatic rings. The Morgan fingerprint density at radius 2 is 1.73 bits per heavy atom. The van der Waals surface area contributed by atoms with Crippen molar-refractivity contribution >= 4 is 17.4 Å². The Morgan fingerprint density at radius 1 is 0.867 bits per heavy atom. The molecular weight excluding hydrogens is 374 g/mol. The molecule has 3 aromatic heterocycles. The molecule has 0 spiro atoms. The van der Waals surface area contributed by atoms with E-state index in [2.05, 4.69) is 20.6 Å². The second-order valence-electron chi connectivity index (χ2n) is 6.65. The normalized spacial score (nSPS) is 10.4. The summed E-state index contributed by atoms with van der Waals surface area (Å²) in [4.78, 5) is 26.0. The van der Waals surface area contributed by atoms with E-state index in [1.807, 2.05) is 54.6 Å². The number of aromatic nitrogens is 3. The predicted molar refractivity (Wildman–Crippen MR) is 118 cm³/mol. The summed E-state index contributed by atoms with van der Waals surface area (Å²) in [6.07, 6.45) is 5.77. The van der Waals surface area contributed by atoms with Gasteiger partial charge in [0, 0.05) is 36.6 Å². The molecule has 0 aliphatic rings. The lowest BCUT2D eigenvalue weighted by Gasteiger charge is -2.13. The highest BCUT2D eigenvalue weighted by Crippen LogP contribution is 2.23. The van der Waals surface area contributed by atoms with E-state index >= 15 is 0 Å². The van der Waals surface area contributed by atoms with E-state index < -0.39 is 0 Å². The molecule has 6 heteroatoms. The fourth-order valence-electron chi connectivity index (χ4n) is 3.04. The van der Waals surface area contributed by atoms with E-state index in [9.17, 15) is 4.79 Å². The molecular formula is C24H21N5O. The van der Waals surface area contributed by atoms with Gasteiger partial charge in [-0.25, -0.2) is 4.98 Å². The van der Waals surface area contributed by atoms with E-state index in [4.69, 9.17) is 4.98 Å². The monoisotopic (exact) mass is 395 g/mol. The van der Waals surface area contributed by atoms with Crippen LogP contribution in [0.3, 0.4) is 0 Å². The molecule has 1 aromatic carbocycles. The number of rotatable bonds is 7. The minimum absolute atomic E-state index is 0.240.